The Kier molecular flexibility index (Phi) is 3.27. The van der Waals surface area contributed by atoms with Crippen LogP contribution in [-0.2, 0) is 10.0 Å². The highest BCUT2D eigenvalue weighted by Gasteiger charge is 2.24. The van der Waals surface area contributed by atoms with Crippen LogP contribution in [0.4, 0.5) is 5.69 Å². The first-order valence-electron chi connectivity index (χ1n) is 5.57. The third-order valence-electron chi connectivity index (χ3n) is 2.71. The molecule has 1 aromatic carbocycles. The minimum atomic E-state index is -3.86. The topological polar surface area (TPSA) is 101 Å². The van der Waals surface area contributed by atoms with Gasteiger partial charge in [-0.15, -0.1) is 0 Å². The standard InChI is InChI=1S/C11H15N3O3S/c1-13-11(15)7-2-5-9(14-8-3-4-8)10(6-7)18(12,16)17/h2,5-6,8,14H,3-4H2,1H3,(H,13,15)(H2,12,16,17). The number of rotatable bonds is 4. The average molecular weight is 269 g/mol. The lowest BCUT2D eigenvalue weighted by atomic mass is 10.2. The maximum absolute atomic E-state index is 11.5. The molecule has 18 heavy (non-hydrogen) atoms. The number of sulfonamides is 1. The lowest BCUT2D eigenvalue weighted by Gasteiger charge is -2.11. The summed E-state index contributed by atoms with van der Waals surface area (Å²) in [6, 6.07) is 4.73. The van der Waals surface area contributed by atoms with Gasteiger partial charge in [-0.05, 0) is 31.0 Å². The minimum Gasteiger partial charge on any atom is -0.381 e. The Morgan fingerprint density at radius 2 is 2.06 bits per heavy atom. The molecule has 1 amide bonds. The van der Waals surface area contributed by atoms with Crippen molar-refractivity contribution in [2.45, 2.75) is 23.8 Å². The van der Waals surface area contributed by atoms with Crippen molar-refractivity contribution in [3.63, 3.8) is 0 Å². The summed E-state index contributed by atoms with van der Waals surface area (Å²) in [5.74, 6) is -0.349. The number of benzene rings is 1. The fourth-order valence-corrected chi connectivity index (χ4v) is 2.33. The van der Waals surface area contributed by atoms with Crippen LogP contribution < -0.4 is 15.8 Å². The van der Waals surface area contributed by atoms with Crippen LogP contribution in [0.3, 0.4) is 0 Å². The second-order valence-corrected chi connectivity index (χ2v) is 5.78. The van der Waals surface area contributed by atoms with Gasteiger partial charge in [-0.2, -0.15) is 0 Å². The Morgan fingerprint density at radius 1 is 1.39 bits per heavy atom. The zero-order valence-corrected chi connectivity index (χ0v) is 10.8. The van der Waals surface area contributed by atoms with Crippen molar-refractivity contribution in [1.82, 2.24) is 5.32 Å². The molecule has 0 spiro atoms. The Morgan fingerprint density at radius 3 is 2.56 bits per heavy atom. The molecule has 0 saturated heterocycles. The molecule has 1 aliphatic carbocycles. The van der Waals surface area contributed by atoms with E-state index in [1.54, 1.807) is 12.1 Å². The van der Waals surface area contributed by atoms with Gasteiger partial charge in [0.2, 0.25) is 10.0 Å². The summed E-state index contributed by atoms with van der Waals surface area (Å²) >= 11 is 0. The van der Waals surface area contributed by atoms with Gasteiger partial charge >= 0.3 is 0 Å². The van der Waals surface area contributed by atoms with Crippen molar-refractivity contribution in [2.24, 2.45) is 5.14 Å². The number of anilines is 1. The molecule has 1 fully saturated rings. The fourth-order valence-electron chi connectivity index (χ4n) is 1.61. The number of primary sulfonamides is 1. The highest BCUT2D eigenvalue weighted by atomic mass is 32.2. The number of carbonyl (C=O) groups is 1. The van der Waals surface area contributed by atoms with Crippen LogP contribution in [0.5, 0.6) is 0 Å². The molecule has 2 rings (SSSR count). The first kappa shape index (κ1) is 12.8. The lowest BCUT2D eigenvalue weighted by Crippen LogP contribution is -2.20. The molecule has 7 heteroatoms. The van der Waals surface area contributed by atoms with Crippen LogP contribution in [0.2, 0.25) is 0 Å². The van der Waals surface area contributed by atoms with Gasteiger partial charge in [-0.3, -0.25) is 4.79 Å². The highest BCUT2D eigenvalue weighted by Crippen LogP contribution is 2.29. The van der Waals surface area contributed by atoms with Crippen molar-refractivity contribution in [3.8, 4) is 0 Å². The average Bonchev–Trinajstić information content (AvgIpc) is 3.11. The largest absolute Gasteiger partial charge is 0.381 e. The second kappa shape index (κ2) is 4.58. The van der Waals surface area contributed by atoms with Gasteiger partial charge in [-0.1, -0.05) is 0 Å². The number of amides is 1. The molecule has 0 radical (unpaired) electrons. The van der Waals surface area contributed by atoms with Gasteiger partial charge < -0.3 is 10.6 Å². The highest BCUT2D eigenvalue weighted by molar-refractivity contribution is 7.89. The van der Waals surface area contributed by atoms with E-state index in [9.17, 15) is 13.2 Å². The van der Waals surface area contributed by atoms with Crippen molar-refractivity contribution in [3.05, 3.63) is 23.8 Å². The van der Waals surface area contributed by atoms with E-state index < -0.39 is 10.0 Å². The van der Waals surface area contributed by atoms with Gasteiger partial charge in [0.15, 0.2) is 0 Å². The Labute approximate surface area is 106 Å². The molecular weight excluding hydrogens is 254 g/mol. The Bertz CT molecular complexity index is 579. The van der Waals surface area contributed by atoms with Gasteiger partial charge in [0.25, 0.3) is 5.91 Å². The predicted molar refractivity (Wildman–Crippen MR) is 67.9 cm³/mol. The SMILES string of the molecule is CNC(=O)c1ccc(NC2CC2)c(S(N)(=O)=O)c1. The number of hydrogen-bond donors (Lipinski definition) is 3. The van der Waals surface area contributed by atoms with Crippen LogP contribution in [-0.4, -0.2) is 27.4 Å². The summed E-state index contributed by atoms with van der Waals surface area (Å²) < 4.78 is 23.0. The summed E-state index contributed by atoms with van der Waals surface area (Å²) in [7, 11) is -2.38. The van der Waals surface area contributed by atoms with E-state index in [2.05, 4.69) is 10.6 Å². The van der Waals surface area contributed by atoms with E-state index in [-0.39, 0.29) is 16.4 Å². The summed E-state index contributed by atoms with van der Waals surface area (Å²) in [6.45, 7) is 0. The zero-order valence-electron chi connectivity index (χ0n) is 9.93. The number of hydrogen-bond acceptors (Lipinski definition) is 4. The van der Waals surface area contributed by atoms with E-state index in [0.29, 0.717) is 11.7 Å². The van der Waals surface area contributed by atoms with Crippen molar-refractivity contribution in [2.75, 3.05) is 12.4 Å². The van der Waals surface area contributed by atoms with Crippen LogP contribution in [0.15, 0.2) is 23.1 Å². The minimum absolute atomic E-state index is 0.0458. The molecule has 0 bridgehead atoms. The van der Waals surface area contributed by atoms with Crippen LogP contribution in [0, 0.1) is 0 Å². The second-order valence-electron chi connectivity index (χ2n) is 4.25. The van der Waals surface area contributed by atoms with Crippen LogP contribution in [0.1, 0.15) is 23.2 Å². The summed E-state index contributed by atoms with van der Waals surface area (Å²) in [4.78, 5) is 11.4. The first-order valence-corrected chi connectivity index (χ1v) is 7.12. The fraction of sp³-hybridized carbons (Fsp3) is 0.364. The maximum Gasteiger partial charge on any atom is 0.251 e. The molecule has 0 aliphatic heterocycles. The van der Waals surface area contributed by atoms with Gasteiger partial charge in [-0.25, -0.2) is 13.6 Å². The molecule has 1 aliphatic rings. The Balaban J connectivity index is 2.44. The van der Waals surface area contributed by atoms with Gasteiger partial charge in [0, 0.05) is 18.7 Å². The smallest absolute Gasteiger partial charge is 0.251 e. The van der Waals surface area contributed by atoms with E-state index in [4.69, 9.17) is 5.14 Å². The maximum atomic E-state index is 11.5. The van der Waals surface area contributed by atoms with Gasteiger partial charge in [0.1, 0.15) is 4.90 Å². The molecule has 4 N–H and O–H groups in total. The van der Waals surface area contributed by atoms with Crippen molar-refractivity contribution in [1.29, 1.82) is 0 Å². The van der Waals surface area contributed by atoms with E-state index in [1.165, 1.54) is 13.1 Å². The molecule has 98 valence electrons. The zero-order chi connectivity index (χ0) is 13.3. The molecule has 0 atom stereocenters. The monoisotopic (exact) mass is 269 g/mol. The summed E-state index contributed by atoms with van der Waals surface area (Å²) in [6.07, 6.45) is 2.03. The predicted octanol–water partition coefficient (Wildman–Crippen LogP) is 0.268. The van der Waals surface area contributed by atoms with Crippen LogP contribution in [0.25, 0.3) is 0 Å². The van der Waals surface area contributed by atoms with Crippen molar-refractivity contribution < 1.29 is 13.2 Å². The quantitative estimate of drug-likeness (QED) is 0.730. The summed E-state index contributed by atoms with van der Waals surface area (Å²) in [5.41, 5.74) is 0.718. The molecule has 0 heterocycles. The number of nitrogens with two attached hydrogens (primary N) is 1. The third-order valence-corrected chi connectivity index (χ3v) is 3.67. The van der Waals surface area contributed by atoms with Crippen LogP contribution >= 0.6 is 0 Å². The summed E-state index contributed by atoms with van der Waals surface area (Å²) in [5, 5.41) is 10.7. The van der Waals surface area contributed by atoms with E-state index in [0.717, 1.165) is 12.8 Å². The normalized spacial score (nSPS) is 15.2. The molecule has 6 nitrogen and oxygen atoms in total. The molecular formula is C11H15N3O3S. The molecule has 1 saturated carbocycles. The third kappa shape index (κ3) is 2.80. The first-order chi connectivity index (χ1) is 8.41. The molecule has 0 unspecified atom stereocenters. The molecule has 1 aromatic rings. The Hall–Kier alpha value is -1.60. The lowest BCUT2D eigenvalue weighted by molar-refractivity contribution is 0.0963. The van der Waals surface area contributed by atoms with E-state index >= 15 is 0 Å². The number of nitrogens with one attached hydrogen (secondary N) is 2. The number of carbonyl (C=O) groups excluding carboxylic acids is 1. The molecule has 0 aromatic heterocycles. The van der Waals surface area contributed by atoms with Gasteiger partial charge in [0.05, 0.1) is 5.69 Å². The van der Waals surface area contributed by atoms with E-state index in [1.807, 2.05) is 0 Å². The van der Waals surface area contributed by atoms with Crippen molar-refractivity contribution >= 4 is 21.6 Å².